The summed E-state index contributed by atoms with van der Waals surface area (Å²) in [4.78, 5) is 0. The summed E-state index contributed by atoms with van der Waals surface area (Å²) in [5, 5.41) is 3.35. The molecule has 1 aromatic carbocycles. The fourth-order valence-corrected chi connectivity index (χ4v) is 1.83. The number of hydrogen-bond acceptors (Lipinski definition) is 3. The van der Waals surface area contributed by atoms with E-state index in [1.165, 1.54) is 12.8 Å². The van der Waals surface area contributed by atoms with Crippen molar-refractivity contribution in [2.24, 2.45) is 0 Å². The Bertz CT molecular complexity index is 283. The van der Waals surface area contributed by atoms with Gasteiger partial charge < -0.3 is 14.8 Å². The van der Waals surface area contributed by atoms with E-state index in [1.54, 1.807) is 0 Å². The summed E-state index contributed by atoms with van der Waals surface area (Å²) < 4.78 is 11.1. The van der Waals surface area contributed by atoms with Crippen LogP contribution in [0.5, 0.6) is 5.75 Å². The molecule has 1 aliphatic rings. The van der Waals surface area contributed by atoms with Gasteiger partial charge in [-0.2, -0.15) is 0 Å². The van der Waals surface area contributed by atoms with Crippen LogP contribution in [0.2, 0.25) is 0 Å². The Kier molecular flexibility index (Phi) is 4.65. The SMILES string of the molecule is c1ccc(OCCNCC2CCCO2)cc1. The fraction of sp³-hybridized carbons (Fsp3) is 0.538. The van der Waals surface area contributed by atoms with E-state index in [4.69, 9.17) is 9.47 Å². The molecule has 88 valence electrons. The van der Waals surface area contributed by atoms with Crippen LogP contribution in [-0.4, -0.2) is 32.4 Å². The Morgan fingerprint density at radius 3 is 2.94 bits per heavy atom. The van der Waals surface area contributed by atoms with Crippen molar-refractivity contribution in [3.63, 3.8) is 0 Å². The van der Waals surface area contributed by atoms with Crippen molar-refractivity contribution in [2.45, 2.75) is 18.9 Å². The van der Waals surface area contributed by atoms with Crippen LogP contribution in [0.4, 0.5) is 0 Å². The molecule has 0 saturated carbocycles. The quantitative estimate of drug-likeness (QED) is 0.743. The first-order valence-corrected chi connectivity index (χ1v) is 5.95. The minimum Gasteiger partial charge on any atom is -0.492 e. The van der Waals surface area contributed by atoms with Gasteiger partial charge in [0.2, 0.25) is 0 Å². The highest BCUT2D eigenvalue weighted by Gasteiger charge is 2.13. The molecule has 0 spiro atoms. The maximum atomic E-state index is 5.57. The number of benzene rings is 1. The smallest absolute Gasteiger partial charge is 0.119 e. The summed E-state index contributed by atoms with van der Waals surface area (Å²) >= 11 is 0. The monoisotopic (exact) mass is 221 g/mol. The van der Waals surface area contributed by atoms with Gasteiger partial charge in [0.25, 0.3) is 0 Å². The molecule has 1 aliphatic heterocycles. The van der Waals surface area contributed by atoms with Gasteiger partial charge in [-0.05, 0) is 25.0 Å². The lowest BCUT2D eigenvalue weighted by atomic mass is 10.2. The molecule has 1 aromatic rings. The first-order valence-electron chi connectivity index (χ1n) is 5.95. The molecule has 1 saturated heterocycles. The predicted octanol–water partition coefficient (Wildman–Crippen LogP) is 1.83. The lowest BCUT2D eigenvalue weighted by molar-refractivity contribution is 0.109. The Labute approximate surface area is 96.8 Å². The van der Waals surface area contributed by atoms with E-state index in [0.29, 0.717) is 12.7 Å². The van der Waals surface area contributed by atoms with E-state index in [2.05, 4.69) is 5.32 Å². The van der Waals surface area contributed by atoms with E-state index in [-0.39, 0.29) is 0 Å². The Balaban J connectivity index is 1.52. The van der Waals surface area contributed by atoms with Gasteiger partial charge in [0.15, 0.2) is 0 Å². The molecule has 1 atom stereocenters. The largest absolute Gasteiger partial charge is 0.492 e. The second kappa shape index (κ2) is 6.51. The molecule has 3 nitrogen and oxygen atoms in total. The minimum absolute atomic E-state index is 0.414. The fourth-order valence-electron chi connectivity index (χ4n) is 1.83. The second-order valence-corrected chi connectivity index (χ2v) is 4.00. The van der Waals surface area contributed by atoms with Crippen LogP contribution in [0.1, 0.15) is 12.8 Å². The van der Waals surface area contributed by atoms with Gasteiger partial charge in [-0.25, -0.2) is 0 Å². The highest BCUT2D eigenvalue weighted by atomic mass is 16.5. The van der Waals surface area contributed by atoms with E-state index >= 15 is 0 Å². The van der Waals surface area contributed by atoms with Crippen molar-refractivity contribution in [3.8, 4) is 5.75 Å². The normalized spacial score (nSPS) is 19.9. The first kappa shape index (κ1) is 11.4. The molecular weight excluding hydrogens is 202 g/mol. The third-order valence-electron chi connectivity index (χ3n) is 2.69. The Morgan fingerprint density at radius 1 is 1.31 bits per heavy atom. The van der Waals surface area contributed by atoms with Crippen molar-refractivity contribution >= 4 is 0 Å². The zero-order chi connectivity index (χ0) is 11.1. The maximum absolute atomic E-state index is 5.57. The molecule has 1 fully saturated rings. The first-order chi connectivity index (χ1) is 7.95. The van der Waals surface area contributed by atoms with Gasteiger partial charge >= 0.3 is 0 Å². The highest BCUT2D eigenvalue weighted by Crippen LogP contribution is 2.10. The van der Waals surface area contributed by atoms with Crippen molar-refractivity contribution < 1.29 is 9.47 Å². The van der Waals surface area contributed by atoms with E-state index in [1.807, 2.05) is 30.3 Å². The maximum Gasteiger partial charge on any atom is 0.119 e. The summed E-state index contributed by atoms with van der Waals surface area (Å²) in [6.45, 7) is 3.44. The summed E-state index contributed by atoms with van der Waals surface area (Å²) in [6.07, 6.45) is 2.80. The number of hydrogen-bond donors (Lipinski definition) is 1. The van der Waals surface area contributed by atoms with Gasteiger partial charge in [-0.1, -0.05) is 18.2 Å². The second-order valence-electron chi connectivity index (χ2n) is 4.00. The zero-order valence-electron chi connectivity index (χ0n) is 9.52. The zero-order valence-corrected chi connectivity index (χ0v) is 9.52. The van der Waals surface area contributed by atoms with Crippen LogP contribution < -0.4 is 10.1 Å². The number of para-hydroxylation sites is 1. The molecule has 0 aliphatic carbocycles. The third-order valence-corrected chi connectivity index (χ3v) is 2.69. The van der Waals surface area contributed by atoms with Crippen molar-refractivity contribution in [1.82, 2.24) is 5.32 Å². The van der Waals surface area contributed by atoms with Gasteiger partial charge in [-0.3, -0.25) is 0 Å². The van der Waals surface area contributed by atoms with Crippen molar-refractivity contribution in [3.05, 3.63) is 30.3 Å². The van der Waals surface area contributed by atoms with Gasteiger partial charge in [0.1, 0.15) is 12.4 Å². The Hall–Kier alpha value is -1.06. The lowest BCUT2D eigenvalue weighted by Gasteiger charge is -2.11. The summed E-state index contributed by atoms with van der Waals surface area (Å²) in [5.41, 5.74) is 0. The van der Waals surface area contributed by atoms with Crippen LogP contribution in [0, 0.1) is 0 Å². The van der Waals surface area contributed by atoms with Crippen LogP contribution in [0.15, 0.2) is 30.3 Å². The molecule has 0 radical (unpaired) electrons. The standard InChI is InChI=1S/C13H19NO2/c1-2-5-12(6-3-1)16-10-8-14-11-13-7-4-9-15-13/h1-3,5-6,13-14H,4,7-11H2. The van der Waals surface area contributed by atoms with E-state index in [9.17, 15) is 0 Å². The van der Waals surface area contributed by atoms with Gasteiger partial charge in [0.05, 0.1) is 6.10 Å². The molecule has 0 bridgehead atoms. The van der Waals surface area contributed by atoms with Crippen molar-refractivity contribution in [2.75, 3.05) is 26.3 Å². The average Bonchev–Trinajstić information content (AvgIpc) is 2.83. The van der Waals surface area contributed by atoms with Crippen molar-refractivity contribution in [1.29, 1.82) is 0 Å². The molecule has 16 heavy (non-hydrogen) atoms. The summed E-state index contributed by atoms with van der Waals surface area (Å²) in [5.74, 6) is 0.932. The molecule has 3 heteroatoms. The lowest BCUT2D eigenvalue weighted by Crippen LogP contribution is -2.29. The topological polar surface area (TPSA) is 30.5 Å². The van der Waals surface area contributed by atoms with Crippen LogP contribution in [0.3, 0.4) is 0 Å². The molecule has 1 unspecified atom stereocenters. The number of rotatable bonds is 6. The van der Waals surface area contributed by atoms with Crippen LogP contribution in [0.25, 0.3) is 0 Å². The Morgan fingerprint density at radius 2 is 2.19 bits per heavy atom. The van der Waals surface area contributed by atoms with E-state index < -0.39 is 0 Å². The third kappa shape index (κ3) is 3.83. The summed E-state index contributed by atoms with van der Waals surface area (Å²) in [6, 6.07) is 9.90. The molecule has 1 heterocycles. The highest BCUT2D eigenvalue weighted by molar-refractivity contribution is 5.20. The summed E-state index contributed by atoms with van der Waals surface area (Å²) in [7, 11) is 0. The van der Waals surface area contributed by atoms with Crippen LogP contribution >= 0.6 is 0 Å². The predicted molar refractivity (Wildman–Crippen MR) is 63.8 cm³/mol. The number of ether oxygens (including phenoxy) is 2. The molecule has 2 rings (SSSR count). The average molecular weight is 221 g/mol. The molecular formula is C13H19NO2. The van der Waals surface area contributed by atoms with Gasteiger partial charge in [-0.15, -0.1) is 0 Å². The minimum atomic E-state index is 0.414. The van der Waals surface area contributed by atoms with Gasteiger partial charge in [0, 0.05) is 19.7 Å². The van der Waals surface area contributed by atoms with Crippen LogP contribution in [-0.2, 0) is 4.74 Å². The molecule has 1 N–H and O–H groups in total. The number of nitrogens with one attached hydrogen (secondary N) is 1. The molecule has 0 aromatic heterocycles. The molecule has 0 amide bonds. The van der Waals surface area contributed by atoms with E-state index in [0.717, 1.165) is 25.4 Å².